The van der Waals surface area contributed by atoms with Crippen LogP contribution in [0.4, 0.5) is 4.79 Å². The molecule has 0 radical (unpaired) electrons. The van der Waals surface area contributed by atoms with E-state index >= 15 is 0 Å². The van der Waals surface area contributed by atoms with Gasteiger partial charge in [0.15, 0.2) is 23.9 Å². The Morgan fingerprint density at radius 3 is 2.25 bits per heavy atom. The predicted octanol–water partition coefficient (Wildman–Crippen LogP) is 5.94. The molecule has 1 aliphatic heterocycles. The van der Waals surface area contributed by atoms with Crippen molar-refractivity contribution in [3.05, 3.63) is 33.8 Å². The van der Waals surface area contributed by atoms with Crippen LogP contribution in [0.2, 0.25) is 0 Å². The highest BCUT2D eigenvalue weighted by Crippen LogP contribution is 2.75. The number of amides is 3. The molecule has 7 rings (SSSR count). The maximum Gasteiger partial charge on any atom is 0.519 e. The number of hydrogen-bond acceptors (Lipinski definition) is 9. The Bertz CT molecular complexity index is 1830. The van der Waals surface area contributed by atoms with Crippen LogP contribution in [0.15, 0.2) is 25.3 Å². The summed E-state index contributed by atoms with van der Waals surface area (Å²) in [7, 11) is 0. The van der Waals surface area contributed by atoms with E-state index in [-0.39, 0.29) is 40.7 Å². The summed E-state index contributed by atoms with van der Waals surface area (Å²) in [5.41, 5.74) is -2.80. The zero-order valence-corrected chi connectivity index (χ0v) is 31.1. The molecule has 5 fully saturated rings. The number of hydrogen-bond donors (Lipinski definition) is 2. The Labute approximate surface area is 298 Å². The molecule has 12 nitrogen and oxygen atoms in total. The minimum absolute atomic E-state index is 0.0117. The number of carbonyl (C=O) groups is 5. The Hall–Kier alpha value is -3.70. The van der Waals surface area contributed by atoms with Crippen LogP contribution in [0.3, 0.4) is 0 Å². The molecule has 0 bridgehead atoms. The number of nitrogens with zero attached hydrogens (tertiary/aromatic N) is 1. The summed E-state index contributed by atoms with van der Waals surface area (Å²) >= 11 is 0. The van der Waals surface area contributed by atoms with Crippen LogP contribution in [0.25, 0.3) is 0 Å². The summed E-state index contributed by atoms with van der Waals surface area (Å²) in [6.07, 6.45) is 7.59. The lowest BCUT2D eigenvalue weighted by Gasteiger charge is -2.70. The number of ether oxygens (including phenoxy) is 1. The fraction of sp³-hybridized carbons (Fsp3) is 0.744. The molecule has 12 heteroatoms. The number of esters is 1. The number of carboxylic acid groups (broad SMARTS) is 1. The van der Waals surface area contributed by atoms with Gasteiger partial charge in [-0.15, -0.1) is 0 Å². The molecule has 11 atom stereocenters. The second-order valence-electron chi connectivity index (χ2n) is 18.3. The van der Waals surface area contributed by atoms with Crippen molar-refractivity contribution >= 4 is 29.7 Å². The van der Waals surface area contributed by atoms with Gasteiger partial charge in [0, 0.05) is 5.92 Å². The average molecular weight is 709 g/mol. The molecule has 51 heavy (non-hydrogen) atoms. The lowest BCUT2D eigenvalue weighted by atomic mass is 9.33. The smallest absolute Gasteiger partial charge is 0.481 e. The van der Waals surface area contributed by atoms with E-state index in [1.54, 1.807) is 13.8 Å². The van der Waals surface area contributed by atoms with E-state index in [9.17, 15) is 33.9 Å². The van der Waals surface area contributed by atoms with Gasteiger partial charge in [-0.3, -0.25) is 24.1 Å². The van der Waals surface area contributed by atoms with Gasteiger partial charge in [-0.05, 0) is 125 Å². The van der Waals surface area contributed by atoms with Gasteiger partial charge >= 0.3 is 23.8 Å². The van der Waals surface area contributed by atoms with E-state index in [2.05, 4.69) is 33.0 Å². The van der Waals surface area contributed by atoms with Crippen LogP contribution in [-0.2, 0) is 30.5 Å². The van der Waals surface area contributed by atoms with Crippen molar-refractivity contribution in [2.75, 3.05) is 0 Å². The van der Waals surface area contributed by atoms with Crippen molar-refractivity contribution in [1.82, 2.24) is 10.2 Å². The van der Waals surface area contributed by atoms with Crippen molar-refractivity contribution in [1.29, 1.82) is 0 Å². The van der Waals surface area contributed by atoms with Gasteiger partial charge in [-0.25, -0.2) is 9.59 Å². The topological polar surface area (TPSA) is 173 Å². The first-order valence-electron chi connectivity index (χ1n) is 18.6. The van der Waals surface area contributed by atoms with Crippen molar-refractivity contribution in [2.24, 2.45) is 50.2 Å². The van der Waals surface area contributed by atoms with Gasteiger partial charge in [-0.1, -0.05) is 33.3 Å². The minimum Gasteiger partial charge on any atom is -0.481 e. The van der Waals surface area contributed by atoms with Crippen LogP contribution in [0, 0.1) is 57.2 Å². The van der Waals surface area contributed by atoms with E-state index in [1.807, 2.05) is 13.0 Å². The van der Waals surface area contributed by atoms with Crippen LogP contribution < -0.4 is 11.1 Å². The quantitative estimate of drug-likeness (QED) is 0.275. The summed E-state index contributed by atoms with van der Waals surface area (Å²) in [6, 6.07) is -2.13. The third-order valence-corrected chi connectivity index (χ3v) is 15.8. The molecule has 3 amide bonds. The third kappa shape index (κ3) is 4.68. The highest BCUT2D eigenvalue weighted by Gasteiger charge is 2.73. The lowest BCUT2D eigenvalue weighted by Crippen LogP contribution is -2.70. The average Bonchev–Trinajstić information content (AvgIpc) is 3.51. The van der Waals surface area contributed by atoms with E-state index in [0.29, 0.717) is 38.5 Å². The zero-order valence-electron chi connectivity index (χ0n) is 31.1. The number of rotatable bonds is 5. The van der Waals surface area contributed by atoms with Gasteiger partial charge in [0.25, 0.3) is 5.91 Å². The molecule has 278 valence electrons. The number of aliphatic carboxylic acids is 1. The Morgan fingerprint density at radius 2 is 1.65 bits per heavy atom. The van der Waals surface area contributed by atoms with E-state index in [4.69, 9.17) is 13.6 Å². The standard InChI is InChI=1S/C39H52N2O10/c1-20-29(43)41(32(47)40-20)27-10-11-36(5)26(39(27,8)31(46)49-19-25-21(2)50-33(48)51-25)9-12-38(7)28(36)24(42)17-22-23-18-35(4,30(44)45)14-13-34(23,3)15-16-37(22,38)6/h17,20,23,26-28H,9-16,18-19H2,1-8H3,(H,40,47)(H,44,45)/t20-,23+,26-,27+,28-,34-,35+,36+,37-,38-,39+/m1/s1. The maximum atomic E-state index is 14.9. The highest BCUT2D eigenvalue weighted by atomic mass is 16.6. The fourth-order valence-corrected chi connectivity index (χ4v) is 12.4. The minimum atomic E-state index is -1.40. The second-order valence-corrected chi connectivity index (χ2v) is 18.3. The first kappa shape index (κ1) is 35.7. The summed E-state index contributed by atoms with van der Waals surface area (Å²) in [4.78, 5) is 81.7. The van der Waals surface area contributed by atoms with Gasteiger partial charge in [0.05, 0.1) is 16.9 Å². The molecule has 2 heterocycles. The molecule has 1 aromatic heterocycles. The maximum absolute atomic E-state index is 14.9. The normalized spacial score (nSPS) is 44.8. The van der Waals surface area contributed by atoms with E-state index < -0.39 is 75.3 Å². The zero-order chi connectivity index (χ0) is 37.3. The number of fused-ring (bicyclic) bond motifs is 7. The number of ketones is 1. The van der Waals surface area contributed by atoms with E-state index in [1.165, 1.54) is 11.8 Å². The molecule has 1 saturated heterocycles. The molecule has 2 N–H and O–H groups in total. The summed E-state index contributed by atoms with van der Waals surface area (Å²) < 4.78 is 16.0. The molecule has 0 spiro atoms. The van der Waals surface area contributed by atoms with Crippen molar-refractivity contribution < 1.29 is 42.7 Å². The van der Waals surface area contributed by atoms with Crippen molar-refractivity contribution in [2.45, 2.75) is 132 Å². The van der Waals surface area contributed by atoms with Crippen molar-refractivity contribution in [3.63, 3.8) is 0 Å². The van der Waals surface area contributed by atoms with Gasteiger partial charge < -0.3 is 24.0 Å². The predicted molar refractivity (Wildman–Crippen MR) is 182 cm³/mol. The van der Waals surface area contributed by atoms with Crippen LogP contribution in [0.5, 0.6) is 0 Å². The molecule has 6 aliphatic rings. The molecule has 0 aromatic carbocycles. The Morgan fingerprint density at radius 1 is 0.961 bits per heavy atom. The number of imide groups is 1. The van der Waals surface area contributed by atoms with Gasteiger partial charge in [0.2, 0.25) is 0 Å². The number of allylic oxidation sites excluding steroid dienone is 2. The Balaban J connectivity index is 1.30. The first-order chi connectivity index (χ1) is 23.7. The van der Waals surface area contributed by atoms with Crippen molar-refractivity contribution in [3.8, 4) is 0 Å². The largest absolute Gasteiger partial charge is 0.519 e. The molecule has 0 unspecified atom stereocenters. The van der Waals surface area contributed by atoms with Crippen LogP contribution >= 0.6 is 0 Å². The monoisotopic (exact) mass is 708 g/mol. The number of urea groups is 1. The number of carboxylic acids is 1. The molecule has 5 aliphatic carbocycles. The summed E-state index contributed by atoms with van der Waals surface area (Å²) in [5.74, 6) is -3.39. The molecular formula is C39H52N2O10. The third-order valence-electron chi connectivity index (χ3n) is 15.8. The van der Waals surface area contributed by atoms with Gasteiger partial charge in [-0.2, -0.15) is 0 Å². The Kier molecular flexibility index (Phi) is 7.80. The SMILES string of the molecule is Cc1oc(=O)oc1COC(=O)[C@]1(C)[C@@H](N2C(=O)N[C@H](C)C2=O)CC[C@@]2(C)[C@H]1CC[C@]1(C)[C@@H]2C(=O)C=C2[C@@H]3C[C@@](C)(C(=O)O)CC[C@]3(C)CC[C@]21C. The second kappa shape index (κ2) is 11.2. The lowest BCUT2D eigenvalue weighted by molar-refractivity contribution is -0.210. The van der Waals surface area contributed by atoms with Crippen LogP contribution in [-0.4, -0.2) is 51.8 Å². The molecule has 4 saturated carbocycles. The fourth-order valence-electron chi connectivity index (χ4n) is 12.4. The summed E-state index contributed by atoms with van der Waals surface area (Å²) in [6.45, 7) is 15.3. The first-order valence-corrected chi connectivity index (χ1v) is 18.6. The van der Waals surface area contributed by atoms with Crippen LogP contribution in [0.1, 0.15) is 118 Å². The number of aryl methyl sites for hydroxylation is 1. The summed E-state index contributed by atoms with van der Waals surface area (Å²) in [5, 5.41) is 12.9. The van der Waals surface area contributed by atoms with Gasteiger partial charge in [0.1, 0.15) is 6.04 Å². The number of carbonyl (C=O) groups excluding carboxylic acids is 4. The molecule has 1 aromatic rings. The van der Waals surface area contributed by atoms with E-state index in [0.717, 1.165) is 24.8 Å². The highest BCUT2D eigenvalue weighted by molar-refractivity contribution is 6.05. The number of nitrogens with one attached hydrogen (secondary N) is 1. The molecular weight excluding hydrogens is 656 g/mol.